The topological polar surface area (TPSA) is 0 Å². The number of hydrogen-bond acceptors (Lipinski definition) is 2. The molecule has 0 aliphatic rings. The van der Waals surface area contributed by atoms with Crippen molar-refractivity contribution in [3.8, 4) is 0 Å². The zero-order chi connectivity index (χ0) is 18.2. The van der Waals surface area contributed by atoms with Crippen molar-refractivity contribution >= 4 is 23.5 Å². The Morgan fingerprint density at radius 1 is 0.720 bits per heavy atom. The average molecular weight is 380 g/mol. The van der Waals surface area contributed by atoms with Gasteiger partial charge < -0.3 is 0 Å². The lowest BCUT2D eigenvalue weighted by molar-refractivity contribution is 0.659. The molecule has 0 nitrogen and oxygen atoms in total. The van der Waals surface area contributed by atoms with Gasteiger partial charge in [-0.1, -0.05) is 78.2 Å². The molecule has 0 N–H and O–H groups in total. The second kappa shape index (κ2) is 16.1. The Hall–Kier alpha value is -0.0800. The minimum atomic E-state index is 0.998. The number of benzene rings is 1. The van der Waals surface area contributed by atoms with Crippen LogP contribution in [-0.4, -0.2) is 11.5 Å². The van der Waals surface area contributed by atoms with Crippen LogP contribution in [0.5, 0.6) is 0 Å². The lowest BCUT2D eigenvalue weighted by atomic mass is 10.1. The first-order valence-corrected chi connectivity index (χ1v) is 12.5. The first kappa shape index (κ1) is 23.0. The molecule has 0 aliphatic heterocycles. The molecule has 143 valence electrons. The van der Waals surface area contributed by atoms with Gasteiger partial charge in [-0.15, -0.1) is 23.5 Å². The Labute approximate surface area is 166 Å². The maximum atomic E-state index is 4.11. The summed E-state index contributed by atoms with van der Waals surface area (Å²) in [6, 6.07) is 6.91. The van der Waals surface area contributed by atoms with Gasteiger partial charge in [-0.05, 0) is 54.9 Å². The first-order valence-electron chi connectivity index (χ1n) is 10.5. The standard InChI is InChI=1S/C23H39S2/c1-4-7-9-11-13-19-24-22-17-15-18-23(21(22)16-6-3)25-20-14-12-10-8-5-2/h15,17-18H,3-14,16,19-20H2,1-2H3. The smallest absolute Gasteiger partial charge is 0.0115 e. The molecule has 25 heavy (non-hydrogen) atoms. The molecule has 0 aromatic heterocycles. The zero-order valence-electron chi connectivity index (χ0n) is 16.7. The van der Waals surface area contributed by atoms with E-state index in [-0.39, 0.29) is 0 Å². The molecule has 0 amide bonds. The minimum Gasteiger partial charge on any atom is -0.126 e. The highest BCUT2D eigenvalue weighted by molar-refractivity contribution is 8.00. The quantitative estimate of drug-likeness (QED) is 0.208. The molecule has 0 aliphatic carbocycles. The van der Waals surface area contributed by atoms with E-state index in [2.05, 4.69) is 62.5 Å². The Kier molecular flexibility index (Phi) is 14.8. The largest absolute Gasteiger partial charge is 0.126 e. The van der Waals surface area contributed by atoms with E-state index in [4.69, 9.17) is 0 Å². The highest BCUT2D eigenvalue weighted by atomic mass is 32.2. The van der Waals surface area contributed by atoms with Crippen molar-refractivity contribution in [1.29, 1.82) is 0 Å². The van der Waals surface area contributed by atoms with Crippen LogP contribution in [0.1, 0.15) is 90.0 Å². The van der Waals surface area contributed by atoms with Crippen molar-refractivity contribution < 1.29 is 0 Å². The maximum Gasteiger partial charge on any atom is 0.0115 e. The van der Waals surface area contributed by atoms with Gasteiger partial charge in [0.1, 0.15) is 0 Å². The van der Waals surface area contributed by atoms with Gasteiger partial charge >= 0.3 is 0 Å². The van der Waals surface area contributed by atoms with Gasteiger partial charge in [0.2, 0.25) is 0 Å². The third-order valence-corrected chi connectivity index (χ3v) is 6.90. The van der Waals surface area contributed by atoms with E-state index in [1.165, 1.54) is 85.5 Å². The van der Waals surface area contributed by atoms with Crippen molar-refractivity contribution in [3.63, 3.8) is 0 Å². The molecular weight excluding hydrogens is 340 g/mol. The Balaban J connectivity index is 2.45. The van der Waals surface area contributed by atoms with Crippen LogP contribution >= 0.6 is 23.5 Å². The van der Waals surface area contributed by atoms with Gasteiger partial charge in [0, 0.05) is 9.79 Å². The fourth-order valence-corrected chi connectivity index (χ4v) is 5.34. The third kappa shape index (κ3) is 10.6. The second-order valence-electron chi connectivity index (χ2n) is 6.86. The highest BCUT2D eigenvalue weighted by Gasteiger charge is 2.09. The molecule has 1 radical (unpaired) electrons. The van der Waals surface area contributed by atoms with Crippen LogP contribution in [0.2, 0.25) is 0 Å². The summed E-state index contributed by atoms with van der Waals surface area (Å²) in [4.78, 5) is 3.02. The SMILES string of the molecule is [CH2]CCc1c(SCCCCCCC)cccc1SCCCCCCC. The Bertz CT molecular complexity index is 394. The van der Waals surface area contributed by atoms with Crippen molar-refractivity contribution in [2.45, 2.75) is 101 Å². The predicted octanol–water partition coefficient (Wildman–Crippen LogP) is 8.58. The number of thioether (sulfide) groups is 2. The second-order valence-corrected chi connectivity index (χ2v) is 9.14. The monoisotopic (exact) mass is 379 g/mol. The van der Waals surface area contributed by atoms with Crippen molar-refractivity contribution in [2.75, 3.05) is 11.5 Å². The van der Waals surface area contributed by atoms with Crippen LogP contribution in [0.4, 0.5) is 0 Å². The normalized spacial score (nSPS) is 11.2. The highest BCUT2D eigenvalue weighted by Crippen LogP contribution is 2.33. The van der Waals surface area contributed by atoms with E-state index in [0.717, 1.165) is 12.8 Å². The van der Waals surface area contributed by atoms with Crippen LogP contribution < -0.4 is 0 Å². The fourth-order valence-electron chi connectivity index (χ4n) is 3.01. The van der Waals surface area contributed by atoms with Gasteiger partial charge in [-0.25, -0.2) is 0 Å². The number of rotatable bonds is 16. The summed E-state index contributed by atoms with van der Waals surface area (Å²) in [5.74, 6) is 2.53. The van der Waals surface area contributed by atoms with E-state index in [1.54, 1.807) is 5.56 Å². The van der Waals surface area contributed by atoms with Gasteiger partial charge in [0.05, 0.1) is 0 Å². The molecule has 0 spiro atoms. The molecule has 0 saturated heterocycles. The number of hydrogen-bond donors (Lipinski definition) is 0. The lowest BCUT2D eigenvalue weighted by Crippen LogP contribution is -1.94. The predicted molar refractivity (Wildman–Crippen MR) is 119 cm³/mol. The van der Waals surface area contributed by atoms with E-state index < -0.39 is 0 Å². The van der Waals surface area contributed by atoms with E-state index >= 15 is 0 Å². The summed E-state index contributed by atoms with van der Waals surface area (Å²) in [6.45, 7) is 8.67. The summed E-state index contributed by atoms with van der Waals surface area (Å²) < 4.78 is 0. The fraction of sp³-hybridized carbons (Fsp3) is 0.696. The van der Waals surface area contributed by atoms with Crippen LogP contribution in [0.25, 0.3) is 0 Å². The minimum absolute atomic E-state index is 0.998. The zero-order valence-corrected chi connectivity index (χ0v) is 18.3. The van der Waals surface area contributed by atoms with Crippen molar-refractivity contribution in [1.82, 2.24) is 0 Å². The molecule has 0 unspecified atom stereocenters. The summed E-state index contributed by atoms with van der Waals surface area (Å²) in [6.07, 6.45) is 15.8. The molecular formula is C23H39S2. The van der Waals surface area contributed by atoms with Crippen molar-refractivity contribution in [3.05, 3.63) is 30.7 Å². The molecule has 1 aromatic rings. The Morgan fingerprint density at radius 3 is 1.64 bits per heavy atom. The van der Waals surface area contributed by atoms with Crippen LogP contribution in [-0.2, 0) is 6.42 Å². The summed E-state index contributed by atoms with van der Waals surface area (Å²) in [5, 5.41) is 0. The molecule has 0 bridgehead atoms. The van der Waals surface area contributed by atoms with Crippen LogP contribution in [0, 0.1) is 6.92 Å². The summed E-state index contributed by atoms with van der Waals surface area (Å²) >= 11 is 4.14. The molecule has 0 heterocycles. The van der Waals surface area contributed by atoms with Gasteiger partial charge in [0.25, 0.3) is 0 Å². The van der Waals surface area contributed by atoms with E-state index in [9.17, 15) is 0 Å². The molecule has 1 aromatic carbocycles. The van der Waals surface area contributed by atoms with Crippen LogP contribution in [0.15, 0.2) is 28.0 Å². The van der Waals surface area contributed by atoms with Crippen LogP contribution in [0.3, 0.4) is 0 Å². The number of unbranched alkanes of at least 4 members (excludes halogenated alkanes) is 8. The van der Waals surface area contributed by atoms with Crippen molar-refractivity contribution in [2.24, 2.45) is 0 Å². The average Bonchev–Trinajstić information content (AvgIpc) is 2.63. The maximum absolute atomic E-state index is 4.11. The van der Waals surface area contributed by atoms with Gasteiger partial charge in [-0.2, -0.15) is 0 Å². The molecule has 0 saturated carbocycles. The Morgan fingerprint density at radius 2 is 1.20 bits per heavy atom. The first-order chi connectivity index (χ1) is 12.3. The van der Waals surface area contributed by atoms with Gasteiger partial charge in [0.15, 0.2) is 0 Å². The molecule has 0 fully saturated rings. The third-order valence-electron chi connectivity index (χ3n) is 4.53. The summed E-state index contributed by atoms with van der Waals surface area (Å²) in [5.41, 5.74) is 1.56. The lowest BCUT2D eigenvalue weighted by Gasteiger charge is -2.14. The summed E-state index contributed by atoms with van der Waals surface area (Å²) in [7, 11) is 0. The molecule has 1 rings (SSSR count). The molecule has 2 heteroatoms. The molecule has 0 atom stereocenters. The van der Waals surface area contributed by atoms with E-state index in [1.807, 2.05) is 0 Å². The van der Waals surface area contributed by atoms with Gasteiger partial charge in [-0.3, -0.25) is 0 Å². The van der Waals surface area contributed by atoms with E-state index in [0.29, 0.717) is 0 Å².